The molecule has 0 aromatic heterocycles. The van der Waals surface area contributed by atoms with Gasteiger partial charge in [-0.05, 0) is 25.5 Å². The zero-order chi connectivity index (χ0) is 9.42. The van der Waals surface area contributed by atoms with Crippen molar-refractivity contribution in [1.29, 1.82) is 0 Å². The van der Waals surface area contributed by atoms with Gasteiger partial charge in [-0.1, -0.05) is 12.1 Å². The highest BCUT2D eigenvalue weighted by Crippen LogP contribution is 2.30. The first-order valence-corrected chi connectivity index (χ1v) is 4.48. The van der Waals surface area contributed by atoms with E-state index in [1.165, 1.54) is 0 Å². The van der Waals surface area contributed by atoms with Gasteiger partial charge in [0.05, 0.1) is 5.56 Å². The van der Waals surface area contributed by atoms with E-state index >= 15 is 0 Å². The predicted octanol–water partition coefficient (Wildman–Crippen LogP) is 2.35. The van der Waals surface area contributed by atoms with Crippen molar-refractivity contribution in [3.05, 3.63) is 29.3 Å². The van der Waals surface area contributed by atoms with Crippen LogP contribution in [0.1, 0.15) is 29.3 Å². The number of rotatable bonds is 0. The summed E-state index contributed by atoms with van der Waals surface area (Å²) in [4.78, 5) is 11.6. The van der Waals surface area contributed by atoms with Gasteiger partial charge in [0.2, 0.25) is 0 Å². The lowest BCUT2D eigenvalue weighted by Gasteiger charge is -2.23. The van der Waals surface area contributed by atoms with Gasteiger partial charge in [-0.3, -0.25) is 4.79 Å². The van der Waals surface area contributed by atoms with Crippen LogP contribution in [-0.4, -0.2) is 11.9 Å². The van der Waals surface area contributed by atoms with Gasteiger partial charge in [-0.2, -0.15) is 0 Å². The van der Waals surface area contributed by atoms with E-state index in [4.69, 9.17) is 4.74 Å². The van der Waals surface area contributed by atoms with Crippen molar-refractivity contribution in [2.75, 3.05) is 0 Å². The van der Waals surface area contributed by atoms with Gasteiger partial charge in [0.25, 0.3) is 0 Å². The monoisotopic (exact) mass is 176 g/mol. The van der Waals surface area contributed by atoms with Crippen molar-refractivity contribution < 1.29 is 9.53 Å². The van der Waals surface area contributed by atoms with Gasteiger partial charge >= 0.3 is 0 Å². The Morgan fingerprint density at radius 2 is 2.23 bits per heavy atom. The number of carbonyl (C=O) groups excluding carboxylic acids is 1. The minimum Gasteiger partial charge on any atom is -0.489 e. The van der Waals surface area contributed by atoms with E-state index in [0.717, 1.165) is 16.9 Å². The number of aryl methyl sites for hydroxylation is 1. The highest BCUT2D eigenvalue weighted by atomic mass is 16.5. The molecule has 0 amide bonds. The molecule has 68 valence electrons. The molecule has 1 aromatic carbocycles. The molecule has 1 aliphatic rings. The molecule has 0 spiro atoms. The van der Waals surface area contributed by atoms with E-state index in [0.29, 0.717) is 6.42 Å². The Balaban J connectivity index is 2.55. The van der Waals surface area contributed by atoms with Gasteiger partial charge in [0.15, 0.2) is 5.78 Å². The second kappa shape index (κ2) is 2.87. The second-order valence-electron chi connectivity index (χ2n) is 3.51. The minimum atomic E-state index is 0.0149. The summed E-state index contributed by atoms with van der Waals surface area (Å²) < 4.78 is 5.61. The molecular weight excluding hydrogens is 164 g/mol. The largest absolute Gasteiger partial charge is 0.489 e. The topological polar surface area (TPSA) is 26.3 Å². The Labute approximate surface area is 77.5 Å². The summed E-state index contributed by atoms with van der Waals surface area (Å²) in [5.74, 6) is 0.962. The van der Waals surface area contributed by atoms with Crippen molar-refractivity contribution in [3.8, 4) is 5.75 Å². The maximum atomic E-state index is 11.6. The van der Waals surface area contributed by atoms with Gasteiger partial charge in [-0.25, -0.2) is 0 Å². The third kappa shape index (κ3) is 1.32. The average molecular weight is 176 g/mol. The summed E-state index contributed by atoms with van der Waals surface area (Å²) in [6.45, 7) is 3.89. The Morgan fingerprint density at radius 3 is 3.00 bits per heavy atom. The van der Waals surface area contributed by atoms with E-state index in [1.807, 2.05) is 32.0 Å². The number of benzene rings is 1. The zero-order valence-electron chi connectivity index (χ0n) is 7.83. The van der Waals surface area contributed by atoms with Gasteiger partial charge < -0.3 is 4.74 Å². The van der Waals surface area contributed by atoms with Crippen molar-refractivity contribution in [1.82, 2.24) is 0 Å². The van der Waals surface area contributed by atoms with E-state index in [2.05, 4.69) is 0 Å². The molecule has 1 aromatic rings. The molecule has 2 rings (SSSR count). The lowest BCUT2D eigenvalue weighted by atomic mass is 9.99. The highest BCUT2D eigenvalue weighted by molar-refractivity contribution is 6.00. The van der Waals surface area contributed by atoms with Crippen LogP contribution in [0.4, 0.5) is 0 Å². The summed E-state index contributed by atoms with van der Waals surface area (Å²) in [7, 11) is 0. The molecule has 0 N–H and O–H groups in total. The quantitative estimate of drug-likeness (QED) is 0.606. The van der Waals surface area contributed by atoms with Crippen molar-refractivity contribution in [2.24, 2.45) is 0 Å². The number of ether oxygens (including phenoxy) is 1. The predicted molar refractivity (Wildman–Crippen MR) is 50.2 cm³/mol. The van der Waals surface area contributed by atoms with Crippen molar-refractivity contribution in [2.45, 2.75) is 26.4 Å². The molecule has 2 nitrogen and oxygen atoms in total. The van der Waals surface area contributed by atoms with Gasteiger partial charge in [-0.15, -0.1) is 0 Å². The Kier molecular flexibility index (Phi) is 1.83. The average Bonchev–Trinajstić information content (AvgIpc) is 2.07. The van der Waals surface area contributed by atoms with E-state index < -0.39 is 0 Å². The van der Waals surface area contributed by atoms with Crippen LogP contribution in [0.25, 0.3) is 0 Å². The normalized spacial score (nSPS) is 20.8. The molecule has 0 fully saturated rings. The van der Waals surface area contributed by atoms with Crippen LogP contribution in [0, 0.1) is 6.92 Å². The van der Waals surface area contributed by atoms with E-state index in [1.54, 1.807) is 0 Å². The number of carbonyl (C=O) groups is 1. The van der Waals surface area contributed by atoms with Crippen LogP contribution in [0.15, 0.2) is 18.2 Å². The molecule has 0 saturated heterocycles. The number of hydrogen-bond acceptors (Lipinski definition) is 2. The fraction of sp³-hybridized carbons (Fsp3) is 0.364. The second-order valence-corrected chi connectivity index (χ2v) is 3.51. The number of fused-ring (bicyclic) bond motifs is 1. The van der Waals surface area contributed by atoms with Crippen LogP contribution in [-0.2, 0) is 0 Å². The molecule has 1 atom stereocenters. The molecule has 1 unspecified atom stereocenters. The maximum Gasteiger partial charge on any atom is 0.170 e. The summed E-state index contributed by atoms with van der Waals surface area (Å²) in [6, 6.07) is 5.69. The molecule has 0 aliphatic carbocycles. The Morgan fingerprint density at radius 1 is 1.46 bits per heavy atom. The van der Waals surface area contributed by atoms with Crippen molar-refractivity contribution >= 4 is 5.78 Å². The third-order valence-electron chi connectivity index (χ3n) is 2.30. The van der Waals surface area contributed by atoms with Crippen LogP contribution >= 0.6 is 0 Å². The van der Waals surface area contributed by atoms with E-state index in [-0.39, 0.29) is 11.9 Å². The molecule has 0 radical (unpaired) electrons. The molecular formula is C11H12O2. The molecule has 0 bridgehead atoms. The summed E-state index contributed by atoms with van der Waals surface area (Å²) in [5.41, 5.74) is 1.77. The zero-order valence-corrected chi connectivity index (χ0v) is 7.83. The van der Waals surface area contributed by atoms with Gasteiger partial charge in [0.1, 0.15) is 11.9 Å². The summed E-state index contributed by atoms with van der Waals surface area (Å²) in [5, 5.41) is 0. The maximum absolute atomic E-state index is 11.6. The highest BCUT2D eigenvalue weighted by Gasteiger charge is 2.24. The number of para-hydroxylation sites is 1. The molecule has 0 saturated carbocycles. The smallest absolute Gasteiger partial charge is 0.170 e. The van der Waals surface area contributed by atoms with Crippen LogP contribution in [0.3, 0.4) is 0 Å². The van der Waals surface area contributed by atoms with Crippen LogP contribution in [0.5, 0.6) is 5.75 Å². The minimum absolute atomic E-state index is 0.0149. The molecule has 1 aliphatic heterocycles. The first kappa shape index (κ1) is 8.30. The van der Waals surface area contributed by atoms with Crippen LogP contribution in [0.2, 0.25) is 0 Å². The standard InChI is InChI=1S/C11H12O2/c1-7-4-3-5-9-10(12)6-8(2)13-11(7)9/h3-5,8H,6H2,1-2H3. The Hall–Kier alpha value is -1.31. The molecule has 1 heterocycles. The van der Waals surface area contributed by atoms with Crippen molar-refractivity contribution in [3.63, 3.8) is 0 Å². The Bertz CT molecular complexity index is 355. The van der Waals surface area contributed by atoms with Gasteiger partial charge in [0, 0.05) is 6.42 Å². The number of hydrogen-bond donors (Lipinski definition) is 0. The third-order valence-corrected chi connectivity index (χ3v) is 2.30. The lowest BCUT2D eigenvalue weighted by molar-refractivity contribution is 0.0869. The molecule has 13 heavy (non-hydrogen) atoms. The van der Waals surface area contributed by atoms with Crippen LogP contribution < -0.4 is 4.74 Å². The molecule has 2 heteroatoms. The summed E-state index contributed by atoms with van der Waals surface area (Å²) >= 11 is 0. The first-order chi connectivity index (χ1) is 6.18. The number of ketones is 1. The summed E-state index contributed by atoms with van der Waals surface area (Å²) in [6.07, 6.45) is 0.511. The number of Topliss-reactive ketones (excluding diaryl/α,β-unsaturated/α-hetero) is 1. The fourth-order valence-corrected chi connectivity index (χ4v) is 1.64. The first-order valence-electron chi connectivity index (χ1n) is 4.48. The fourth-order valence-electron chi connectivity index (χ4n) is 1.64. The SMILES string of the molecule is Cc1cccc2c1OC(C)CC2=O. The van der Waals surface area contributed by atoms with E-state index in [9.17, 15) is 4.79 Å². The lowest BCUT2D eigenvalue weighted by Crippen LogP contribution is -2.24.